The predicted molar refractivity (Wildman–Crippen MR) is 79.1 cm³/mol. The first-order valence-electron chi connectivity index (χ1n) is 6.29. The van der Waals surface area contributed by atoms with Crippen LogP contribution in [0.4, 0.5) is 5.69 Å². The van der Waals surface area contributed by atoms with Crippen LogP contribution in [0, 0.1) is 0 Å². The molecule has 0 radical (unpaired) electrons. The number of rotatable bonds is 6. The summed E-state index contributed by atoms with van der Waals surface area (Å²) in [4.78, 5) is 4.30. The Morgan fingerprint density at radius 3 is 2.65 bits per heavy atom. The Balaban J connectivity index is 2.07. The van der Waals surface area contributed by atoms with Gasteiger partial charge in [-0.25, -0.2) is 13.1 Å². The number of nitrogens with one attached hydrogen (secondary N) is 2. The summed E-state index contributed by atoms with van der Waals surface area (Å²) < 4.78 is 26.1. The summed E-state index contributed by atoms with van der Waals surface area (Å²) in [7, 11) is -2.04. The molecule has 1 aromatic carbocycles. The van der Waals surface area contributed by atoms with E-state index in [1.807, 2.05) is 12.1 Å². The molecule has 0 saturated heterocycles. The van der Waals surface area contributed by atoms with E-state index in [4.69, 9.17) is 0 Å². The van der Waals surface area contributed by atoms with Gasteiger partial charge < -0.3 is 5.32 Å². The molecular formula is C14H17N3O2S. The van der Waals surface area contributed by atoms with Crippen LogP contribution in [0.25, 0.3) is 0 Å². The largest absolute Gasteiger partial charge is 0.384 e. The molecular weight excluding hydrogens is 274 g/mol. The highest BCUT2D eigenvalue weighted by atomic mass is 32.2. The molecule has 20 heavy (non-hydrogen) atoms. The number of aromatic nitrogens is 1. The second kappa shape index (κ2) is 6.49. The van der Waals surface area contributed by atoms with Crippen LogP contribution in [0.3, 0.4) is 0 Å². The van der Waals surface area contributed by atoms with Crippen molar-refractivity contribution in [2.45, 2.75) is 11.3 Å². The van der Waals surface area contributed by atoms with Crippen LogP contribution < -0.4 is 10.0 Å². The van der Waals surface area contributed by atoms with Gasteiger partial charge in [-0.2, -0.15) is 0 Å². The molecule has 0 fully saturated rings. The van der Waals surface area contributed by atoms with Gasteiger partial charge >= 0.3 is 0 Å². The molecule has 1 aromatic heterocycles. The molecule has 0 bridgehead atoms. The predicted octanol–water partition coefficient (Wildman–Crippen LogP) is 1.64. The zero-order valence-corrected chi connectivity index (χ0v) is 12.0. The second-order valence-electron chi connectivity index (χ2n) is 4.24. The summed E-state index contributed by atoms with van der Waals surface area (Å²) >= 11 is 0. The maximum atomic E-state index is 11.9. The quantitative estimate of drug-likeness (QED) is 0.849. The molecule has 106 valence electrons. The Labute approximate surface area is 119 Å². The van der Waals surface area contributed by atoms with Gasteiger partial charge in [-0.05, 0) is 37.2 Å². The summed E-state index contributed by atoms with van der Waals surface area (Å²) in [5, 5.41) is 3.16. The van der Waals surface area contributed by atoms with Crippen LogP contribution in [0.2, 0.25) is 0 Å². The number of hydrogen-bond donors (Lipinski definition) is 2. The van der Waals surface area contributed by atoms with E-state index in [0.717, 1.165) is 12.0 Å². The van der Waals surface area contributed by atoms with Crippen LogP contribution in [-0.4, -0.2) is 27.0 Å². The third kappa shape index (κ3) is 3.55. The fourth-order valence-electron chi connectivity index (χ4n) is 1.84. The Hall–Kier alpha value is -1.92. The van der Waals surface area contributed by atoms with Crippen molar-refractivity contribution in [3.8, 4) is 0 Å². The monoisotopic (exact) mass is 291 g/mol. The molecule has 2 aromatic rings. The van der Waals surface area contributed by atoms with Gasteiger partial charge in [-0.15, -0.1) is 0 Å². The summed E-state index contributed by atoms with van der Waals surface area (Å²) in [5.41, 5.74) is 1.71. The molecule has 0 aliphatic rings. The first kappa shape index (κ1) is 14.5. The van der Waals surface area contributed by atoms with E-state index >= 15 is 0 Å². The number of hydrogen-bond acceptors (Lipinski definition) is 4. The number of nitrogens with zero attached hydrogens (tertiary/aromatic N) is 1. The van der Waals surface area contributed by atoms with Gasteiger partial charge in [-0.3, -0.25) is 4.98 Å². The van der Waals surface area contributed by atoms with Gasteiger partial charge in [0.15, 0.2) is 0 Å². The van der Waals surface area contributed by atoms with E-state index in [2.05, 4.69) is 15.0 Å². The Morgan fingerprint density at radius 1 is 1.15 bits per heavy atom. The van der Waals surface area contributed by atoms with Gasteiger partial charge in [0.05, 0.1) is 5.69 Å². The molecule has 0 spiro atoms. The van der Waals surface area contributed by atoms with Crippen molar-refractivity contribution in [1.82, 2.24) is 9.71 Å². The summed E-state index contributed by atoms with van der Waals surface area (Å²) in [6.45, 7) is 0.641. The van der Waals surface area contributed by atoms with Crippen molar-refractivity contribution in [1.29, 1.82) is 0 Å². The molecule has 0 unspecified atom stereocenters. The highest BCUT2D eigenvalue weighted by molar-refractivity contribution is 7.89. The molecule has 0 aliphatic heterocycles. The average Bonchev–Trinajstić information content (AvgIpc) is 2.49. The third-order valence-corrected chi connectivity index (χ3v) is 4.37. The zero-order valence-electron chi connectivity index (χ0n) is 11.2. The maximum Gasteiger partial charge on any atom is 0.242 e. The van der Waals surface area contributed by atoms with Gasteiger partial charge in [0, 0.05) is 18.9 Å². The van der Waals surface area contributed by atoms with Crippen molar-refractivity contribution in [2.75, 3.05) is 18.9 Å². The first-order chi connectivity index (χ1) is 9.63. The van der Waals surface area contributed by atoms with E-state index in [0.29, 0.717) is 12.2 Å². The number of pyridine rings is 1. The number of sulfonamides is 1. The van der Waals surface area contributed by atoms with Crippen LogP contribution in [0.15, 0.2) is 53.7 Å². The molecule has 0 saturated carbocycles. The Morgan fingerprint density at radius 2 is 1.95 bits per heavy atom. The number of para-hydroxylation sites is 1. The highest BCUT2D eigenvalue weighted by Crippen LogP contribution is 2.20. The molecule has 0 atom stereocenters. The van der Waals surface area contributed by atoms with Crippen molar-refractivity contribution in [2.24, 2.45) is 0 Å². The molecule has 0 aliphatic carbocycles. The normalized spacial score (nSPS) is 11.2. The van der Waals surface area contributed by atoms with E-state index in [1.54, 1.807) is 36.7 Å². The number of benzene rings is 1. The number of anilines is 1. The van der Waals surface area contributed by atoms with Crippen molar-refractivity contribution < 1.29 is 8.42 Å². The summed E-state index contributed by atoms with van der Waals surface area (Å²) in [6, 6.07) is 10.7. The van der Waals surface area contributed by atoms with Crippen molar-refractivity contribution >= 4 is 15.7 Å². The molecule has 2 rings (SSSR count). The molecule has 2 N–H and O–H groups in total. The average molecular weight is 291 g/mol. The standard InChI is InChI=1S/C14H17N3O2S/c1-15-20(18,19)14-7-3-2-6-13(14)17-10-8-12-5-4-9-16-11-12/h2-7,9,11,15,17H,8,10H2,1H3. The zero-order chi connectivity index (χ0) is 14.4. The lowest BCUT2D eigenvalue weighted by molar-refractivity contribution is 0.588. The van der Waals surface area contributed by atoms with Gasteiger partial charge in [-0.1, -0.05) is 18.2 Å². The molecule has 5 nitrogen and oxygen atoms in total. The van der Waals surface area contributed by atoms with Crippen molar-refractivity contribution in [3.05, 3.63) is 54.4 Å². The smallest absolute Gasteiger partial charge is 0.242 e. The SMILES string of the molecule is CNS(=O)(=O)c1ccccc1NCCc1cccnc1. The first-order valence-corrected chi connectivity index (χ1v) is 7.77. The Kier molecular flexibility index (Phi) is 4.70. The van der Waals surface area contributed by atoms with Gasteiger partial charge in [0.25, 0.3) is 0 Å². The van der Waals surface area contributed by atoms with Crippen LogP contribution in [0.5, 0.6) is 0 Å². The molecule has 0 amide bonds. The van der Waals surface area contributed by atoms with Crippen LogP contribution in [0.1, 0.15) is 5.56 Å². The topological polar surface area (TPSA) is 71.1 Å². The Bertz CT molecular complexity index is 657. The van der Waals surface area contributed by atoms with E-state index in [9.17, 15) is 8.42 Å². The van der Waals surface area contributed by atoms with Crippen LogP contribution in [-0.2, 0) is 16.4 Å². The lowest BCUT2D eigenvalue weighted by Crippen LogP contribution is -2.20. The minimum absolute atomic E-state index is 0.258. The fraction of sp³-hybridized carbons (Fsp3) is 0.214. The van der Waals surface area contributed by atoms with E-state index < -0.39 is 10.0 Å². The fourth-order valence-corrected chi connectivity index (χ4v) is 2.75. The lowest BCUT2D eigenvalue weighted by Gasteiger charge is -2.11. The summed E-state index contributed by atoms with van der Waals surface area (Å²) in [6.07, 6.45) is 4.31. The molecule has 6 heteroatoms. The van der Waals surface area contributed by atoms with Gasteiger partial charge in [0.2, 0.25) is 10.0 Å². The third-order valence-electron chi connectivity index (χ3n) is 2.90. The summed E-state index contributed by atoms with van der Waals surface area (Å²) in [5.74, 6) is 0. The maximum absolute atomic E-state index is 11.9. The minimum Gasteiger partial charge on any atom is -0.384 e. The van der Waals surface area contributed by atoms with Gasteiger partial charge in [0.1, 0.15) is 4.90 Å². The second-order valence-corrected chi connectivity index (χ2v) is 6.10. The molecule has 1 heterocycles. The minimum atomic E-state index is -3.45. The van der Waals surface area contributed by atoms with E-state index in [-0.39, 0.29) is 4.90 Å². The van der Waals surface area contributed by atoms with Crippen LogP contribution >= 0.6 is 0 Å². The lowest BCUT2D eigenvalue weighted by atomic mass is 10.2. The highest BCUT2D eigenvalue weighted by Gasteiger charge is 2.15. The van der Waals surface area contributed by atoms with Crippen molar-refractivity contribution in [3.63, 3.8) is 0 Å². The van der Waals surface area contributed by atoms with E-state index in [1.165, 1.54) is 7.05 Å².